The van der Waals surface area contributed by atoms with Gasteiger partial charge < -0.3 is 0 Å². The number of unbranched alkanes of at least 4 members (excludes halogenated alkanes) is 3. The second-order valence-electron chi connectivity index (χ2n) is 6.75. The lowest BCUT2D eigenvalue weighted by Crippen LogP contribution is -2.19. The van der Waals surface area contributed by atoms with Crippen molar-refractivity contribution in [2.75, 3.05) is 0 Å². The van der Waals surface area contributed by atoms with Crippen LogP contribution in [0.4, 0.5) is 0 Å². The van der Waals surface area contributed by atoms with E-state index in [0.717, 1.165) is 62.8 Å². The zero-order chi connectivity index (χ0) is 17.0. The molecule has 0 heterocycles. The van der Waals surface area contributed by atoms with E-state index >= 15 is 0 Å². The van der Waals surface area contributed by atoms with Gasteiger partial charge in [0.05, 0.1) is 0 Å². The van der Waals surface area contributed by atoms with Crippen LogP contribution in [-0.4, -0.2) is 23.2 Å². The van der Waals surface area contributed by atoms with Crippen molar-refractivity contribution in [1.29, 1.82) is 0 Å². The molecule has 2 amide bonds. The number of hydrogen-bond donors (Lipinski definition) is 2. The van der Waals surface area contributed by atoms with E-state index in [1.807, 2.05) is 0 Å². The highest BCUT2D eigenvalue weighted by Gasteiger charge is 2.09. The van der Waals surface area contributed by atoms with Gasteiger partial charge in [0.1, 0.15) is 0 Å². The Morgan fingerprint density at radius 1 is 0.667 bits per heavy atom. The summed E-state index contributed by atoms with van der Waals surface area (Å²) in [6.07, 6.45) is 13.5. The van der Waals surface area contributed by atoms with E-state index in [2.05, 4.69) is 21.1 Å². The van der Waals surface area contributed by atoms with Crippen molar-refractivity contribution in [1.82, 2.24) is 10.9 Å². The molecule has 134 valence electrons. The van der Waals surface area contributed by atoms with Gasteiger partial charge in [0.15, 0.2) is 0 Å². The predicted octanol–water partition coefficient (Wildman–Crippen LogP) is 3.42. The maximum atomic E-state index is 11.7. The molecular formula is C18H30N4O2. The van der Waals surface area contributed by atoms with Crippen molar-refractivity contribution in [2.24, 2.45) is 10.2 Å². The van der Waals surface area contributed by atoms with Crippen LogP contribution in [-0.2, 0) is 9.59 Å². The summed E-state index contributed by atoms with van der Waals surface area (Å²) >= 11 is 0. The first-order valence-electron chi connectivity index (χ1n) is 9.42. The average Bonchev–Trinajstić information content (AvgIpc) is 3.27. The Morgan fingerprint density at radius 2 is 1.04 bits per heavy atom. The minimum atomic E-state index is -0.000434. The topological polar surface area (TPSA) is 82.9 Å². The van der Waals surface area contributed by atoms with Crippen LogP contribution >= 0.6 is 0 Å². The molecule has 2 aliphatic carbocycles. The van der Waals surface area contributed by atoms with Crippen LogP contribution in [0.25, 0.3) is 0 Å². The zero-order valence-corrected chi connectivity index (χ0v) is 14.6. The van der Waals surface area contributed by atoms with Gasteiger partial charge in [-0.15, -0.1) is 0 Å². The molecule has 0 atom stereocenters. The van der Waals surface area contributed by atoms with Gasteiger partial charge in [0.25, 0.3) is 0 Å². The summed E-state index contributed by atoms with van der Waals surface area (Å²) in [6.45, 7) is 0. The molecular weight excluding hydrogens is 304 g/mol. The number of carbonyl (C=O) groups excluding carboxylic acids is 2. The lowest BCUT2D eigenvalue weighted by molar-refractivity contribution is -0.122. The molecule has 2 rings (SSSR count). The van der Waals surface area contributed by atoms with Crippen LogP contribution in [0.3, 0.4) is 0 Å². The third-order valence-electron chi connectivity index (χ3n) is 4.60. The van der Waals surface area contributed by atoms with Crippen molar-refractivity contribution >= 4 is 23.2 Å². The average molecular weight is 334 g/mol. The first-order chi connectivity index (χ1) is 11.7. The third-order valence-corrected chi connectivity index (χ3v) is 4.60. The van der Waals surface area contributed by atoms with Crippen molar-refractivity contribution < 1.29 is 9.59 Å². The van der Waals surface area contributed by atoms with Crippen molar-refractivity contribution in [3.05, 3.63) is 0 Å². The Kier molecular flexibility index (Phi) is 8.49. The Balaban J connectivity index is 1.43. The van der Waals surface area contributed by atoms with Crippen LogP contribution < -0.4 is 10.9 Å². The van der Waals surface area contributed by atoms with E-state index in [1.54, 1.807) is 0 Å². The summed E-state index contributed by atoms with van der Waals surface area (Å²) in [6, 6.07) is 0. The SMILES string of the molecule is O=C(CCCCCCC(=O)NN=C1CCCC1)NN=C1CCCC1. The molecule has 0 unspecified atom stereocenters. The first kappa shape index (κ1) is 18.6. The van der Waals surface area contributed by atoms with Crippen LogP contribution in [0, 0.1) is 0 Å². The van der Waals surface area contributed by atoms with Gasteiger partial charge in [-0.3, -0.25) is 9.59 Å². The standard InChI is InChI=1S/C18H30N4O2/c23-17(21-19-15-9-5-6-10-15)13-3-1-2-4-14-18(24)22-20-16-11-7-8-12-16/h1-14H2,(H,21,23)(H,22,24). The molecule has 0 aromatic rings. The number of hydrogen-bond acceptors (Lipinski definition) is 4. The second kappa shape index (κ2) is 10.9. The number of amides is 2. The molecule has 0 aliphatic heterocycles. The maximum Gasteiger partial charge on any atom is 0.240 e. The van der Waals surface area contributed by atoms with E-state index in [1.165, 1.54) is 25.7 Å². The minimum Gasteiger partial charge on any atom is -0.273 e. The molecule has 24 heavy (non-hydrogen) atoms. The van der Waals surface area contributed by atoms with E-state index < -0.39 is 0 Å². The second-order valence-corrected chi connectivity index (χ2v) is 6.75. The van der Waals surface area contributed by atoms with E-state index in [-0.39, 0.29) is 11.8 Å². The molecule has 0 bridgehead atoms. The molecule has 0 aromatic carbocycles. The zero-order valence-electron chi connectivity index (χ0n) is 14.6. The molecule has 6 heteroatoms. The summed E-state index contributed by atoms with van der Waals surface area (Å²) in [7, 11) is 0. The fourth-order valence-electron chi connectivity index (χ4n) is 3.11. The molecule has 0 radical (unpaired) electrons. The fraction of sp³-hybridized carbons (Fsp3) is 0.778. The van der Waals surface area contributed by atoms with Crippen molar-refractivity contribution in [2.45, 2.75) is 89.9 Å². The Hall–Kier alpha value is -1.72. The minimum absolute atomic E-state index is 0.000434. The predicted molar refractivity (Wildman–Crippen MR) is 95.8 cm³/mol. The smallest absolute Gasteiger partial charge is 0.240 e. The normalized spacial score (nSPS) is 17.0. The van der Waals surface area contributed by atoms with Crippen molar-refractivity contribution in [3.8, 4) is 0 Å². The number of hydrazone groups is 2. The third kappa shape index (κ3) is 7.70. The number of nitrogens with one attached hydrogen (secondary N) is 2. The number of carbonyl (C=O) groups is 2. The lowest BCUT2D eigenvalue weighted by atomic mass is 10.1. The van der Waals surface area contributed by atoms with Gasteiger partial charge in [0.2, 0.25) is 11.8 Å². The number of nitrogens with zero attached hydrogens (tertiary/aromatic N) is 2. The summed E-state index contributed by atoms with van der Waals surface area (Å²) in [5.41, 5.74) is 7.54. The van der Waals surface area contributed by atoms with Gasteiger partial charge in [-0.1, -0.05) is 12.8 Å². The van der Waals surface area contributed by atoms with Crippen LogP contribution in [0.1, 0.15) is 89.9 Å². The number of rotatable bonds is 9. The quantitative estimate of drug-likeness (QED) is 0.500. The lowest BCUT2D eigenvalue weighted by Gasteiger charge is -2.03. The molecule has 2 N–H and O–H groups in total. The molecule has 0 saturated heterocycles. The van der Waals surface area contributed by atoms with Crippen LogP contribution in [0.2, 0.25) is 0 Å². The van der Waals surface area contributed by atoms with Gasteiger partial charge in [-0.2, -0.15) is 10.2 Å². The monoisotopic (exact) mass is 334 g/mol. The van der Waals surface area contributed by atoms with Gasteiger partial charge in [-0.05, 0) is 64.2 Å². The highest BCUT2D eigenvalue weighted by molar-refractivity contribution is 5.88. The molecule has 0 aromatic heterocycles. The molecule has 2 saturated carbocycles. The summed E-state index contributed by atoms with van der Waals surface area (Å²) in [5.74, 6) is -0.000868. The summed E-state index contributed by atoms with van der Waals surface area (Å²) < 4.78 is 0. The van der Waals surface area contributed by atoms with Gasteiger partial charge >= 0.3 is 0 Å². The van der Waals surface area contributed by atoms with E-state index in [4.69, 9.17) is 0 Å². The van der Waals surface area contributed by atoms with Gasteiger partial charge in [-0.25, -0.2) is 10.9 Å². The molecule has 0 spiro atoms. The van der Waals surface area contributed by atoms with Crippen molar-refractivity contribution in [3.63, 3.8) is 0 Å². The molecule has 2 aliphatic rings. The molecule has 6 nitrogen and oxygen atoms in total. The fourth-order valence-corrected chi connectivity index (χ4v) is 3.11. The van der Waals surface area contributed by atoms with E-state index in [9.17, 15) is 9.59 Å². The summed E-state index contributed by atoms with van der Waals surface area (Å²) in [5, 5.41) is 8.33. The van der Waals surface area contributed by atoms with Gasteiger partial charge in [0, 0.05) is 24.3 Å². The van der Waals surface area contributed by atoms with Crippen LogP contribution in [0.15, 0.2) is 10.2 Å². The molecule has 2 fully saturated rings. The van der Waals surface area contributed by atoms with Crippen LogP contribution in [0.5, 0.6) is 0 Å². The largest absolute Gasteiger partial charge is 0.273 e. The highest BCUT2D eigenvalue weighted by atomic mass is 16.2. The summed E-state index contributed by atoms with van der Waals surface area (Å²) in [4.78, 5) is 23.3. The Morgan fingerprint density at radius 3 is 1.42 bits per heavy atom. The maximum absolute atomic E-state index is 11.7. The highest BCUT2D eigenvalue weighted by Crippen LogP contribution is 2.14. The Labute approximate surface area is 144 Å². The van der Waals surface area contributed by atoms with E-state index in [0.29, 0.717) is 12.8 Å². The Bertz CT molecular complexity index is 425. The first-order valence-corrected chi connectivity index (χ1v) is 9.42.